The summed E-state index contributed by atoms with van der Waals surface area (Å²) in [6.45, 7) is 1.43. The second-order valence-electron chi connectivity index (χ2n) is 8.01. The highest BCUT2D eigenvalue weighted by Gasteiger charge is 2.43. The highest BCUT2D eigenvalue weighted by atomic mass is 19.2. The number of rotatable bonds is 2. The van der Waals surface area contributed by atoms with Crippen LogP contribution in [0.1, 0.15) is 41.0 Å². The molecule has 3 atom stereocenters. The molecule has 1 saturated heterocycles. The van der Waals surface area contributed by atoms with Crippen molar-refractivity contribution >= 4 is 5.91 Å². The van der Waals surface area contributed by atoms with Crippen LogP contribution in [0, 0.1) is 23.5 Å². The summed E-state index contributed by atoms with van der Waals surface area (Å²) in [5.41, 5.74) is 8.98. The van der Waals surface area contributed by atoms with Crippen LogP contribution in [0.2, 0.25) is 0 Å². The molecule has 3 aliphatic rings. The fourth-order valence-electron chi connectivity index (χ4n) is 5.06. The Bertz CT molecular complexity index is 925. The lowest BCUT2D eigenvalue weighted by Crippen LogP contribution is -2.34. The van der Waals surface area contributed by atoms with Crippen LogP contribution in [-0.4, -0.2) is 39.7 Å². The predicted octanol–water partition coefficient (Wildman–Crippen LogP) is 2.45. The van der Waals surface area contributed by atoms with Crippen molar-refractivity contribution in [2.75, 3.05) is 13.1 Å². The number of aromatic nitrogens is 2. The van der Waals surface area contributed by atoms with Crippen LogP contribution < -0.4 is 5.73 Å². The van der Waals surface area contributed by atoms with E-state index >= 15 is 0 Å². The normalized spacial score (nSPS) is 26.5. The summed E-state index contributed by atoms with van der Waals surface area (Å²) < 4.78 is 28.6. The van der Waals surface area contributed by atoms with Gasteiger partial charge >= 0.3 is 0 Å². The quantitative estimate of drug-likeness (QED) is 0.881. The zero-order valence-electron chi connectivity index (χ0n) is 15.0. The van der Waals surface area contributed by atoms with Crippen molar-refractivity contribution in [3.05, 3.63) is 46.8 Å². The third kappa shape index (κ3) is 2.59. The lowest BCUT2D eigenvalue weighted by atomic mass is 9.98. The summed E-state index contributed by atoms with van der Waals surface area (Å²) in [4.78, 5) is 15.1. The van der Waals surface area contributed by atoms with Crippen LogP contribution in [0.15, 0.2) is 18.2 Å². The SMILES string of the molecule is NC1CCC2CN(C(=O)c3nn(-c4ccc(F)c(F)c4)c4c3CCC4)CC12. The van der Waals surface area contributed by atoms with Gasteiger partial charge in [0.2, 0.25) is 0 Å². The summed E-state index contributed by atoms with van der Waals surface area (Å²) in [7, 11) is 0. The zero-order chi connectivity index (χ0) is 18.7. The van der Waals surface area contributed by atoms with Crippen molar-refractivity contribution < 1.29 is 13.6 Å². The van der Waals surface area contributed by atoms with E-state index in [1.54, 1.807) is 4.68 Å². The van der Waals surface area contributed by atoms with Gasteiger partial charge in [-0.1, -0.05) is 0 Å². The molecule has 1 aromatic heterocycles. The number of likely N-dealkylation sites (tertiary alicyclic amines) is 1. The number of halogens is 2. The average Bonchev–Trinajstić information content (AvgIpc) is 3.39. The molecule has 1 aromatic carbocycles. The standard InChI is InChI=1S/C20H22F2N4O/c21-15-6-5-12(8-16(15)22)26-18-3-1-2-13(18)19(24-26)20(27)25-9-11-4-7-17(23)14(11)10-25/h5-6,8,11,14,17H,1-4,7,9-10,23H2. The number of hydrogen-bond acceptors (Lipinski definition) is 3. The molecule has 5 rings (SSSR count). The summed E-state index contributed by atoms with van der Waals surface area (Å²) in [5, 5.41) is 4.54. The molecule has 2 aliphatic carbocycles. The number of carbonyl (C=O) groups is 1. The molecule has 3 unspecified atom stereocenters. The Morgan fingerprint density at radius 2 is 2.00 bits per heavy atom. The van der Waals surface area contributed by atoms with E-state index in [0.29, 0.717) is 29.8 Å². The third-order valence-corrected chi connectivity index (χ3v) is 6.48. The Labute approximate surface area is 156 Å². The van der Waals surface area contributed by atoms with E-state index in [4.69, 9.17) is 5.73 Å². The Kier molecular flexibility index (Phi) is 3.82. The molecule has 2 aromatic rings. The molecule has 0 bridgehead atoms. The minimum absolute atomic E-state index is 0.0592. The van der Waals surface area contributed by atoms with Gasteiger partial charge < -0.3 is 10.6 Å². The van der Waals surface area contributed by atoms with Gasteiger partial charge in [-0.05, 0) is 56.1 Å². The van der Waals surface area contributed by atoms with E-state index in [1.807, 2.05) is 4.90 Å². The van der Waals surface area contributed by atoms with Crippen molar-refractivity contribution in [3.8, 4) is 5.69 Å². The molecular weight excluding hydrogens is 350 g/mol. The van der Waals surface area contributed by atoms with E-state index < -0.39 is 11.6 Å². The highest BCUT2D eigenvalue weighted by Crippen LogP contribution is 2.38. The Balaban J connectivity index is 1.49. The van der Waals surface area contributed by atoms with E-state index in [2.05, 4.69) is 5.10 Å². The van der Waals surface area contributed by atoms with Crippen LogP contribution in [-0.2, 0) is 12.8 Å². The van der Waals surface area contributed by atoms with E-state index in [0.717, 1.165) is 62.0 Å². The molecule has 2 fully saturated rings. The second kappa shape index (κ2) is 6.12. The second-order valence-corrected chi connectivity index (χ2v) is 8.01. The maximum absolute atomic E-state index is 13.7. The maximum Gasteiger partial charge on any atom is 0.274 e. The number of carbonyl (C=O) groups excluding carboxylic acids is 1. The molecule has 1 saturated carbocycles. The largest absolute Gasteiger partial charge is 0.337 e. The summed E-state index contributed by atoms with van der Waals surface area (Å²) in [6.07, 6.45) is 4.63. The van der Waals surface area contributed by atoms with Crippen LogP contribution in [0.5, 0.6) is 0 Å². The van der Waals surface area contributed by atoms with E-state index in [1.165, 1.54) is 6.07 Å². The van der Waals surface area contributed by atoms with Crippen LogP contribution in [0.4, 0.5) is 8.78 Å². The molecule has 0 spiro atoms. The Morgan fingerprint density at radius 1 is 1.15 bits per heavy atom. The lowest BCUT2D eigenvalue weighted by molar-refractivity contribution is 0.0772. The average molecular weight is 372 g/mol. The molecular formula is C20H22F2N4O. The first-order valence-electron chi connectivity index (χ1n) is 9.64. The molecule has 7 heteroatoms. The molecule has 27 heavy (non-hydrogen) atoms. The maximum atomic E-state index is 13.7. The fraction of sp³-hybridized carbons (Fsp3) is 0.500. The molecule has 142 valence electrons. The number of hydrogen-bond donors (Lipinski definition) is 1. The Hall–Kier alpha value is -2.28. The first-order chi connectivity index (χ1) is 13.0. The van der Waals surface area contributed by atoms with Gasteiger partial charge in [-0.3, -0.25) is 4.79 Å². The number of nitrogens with zero attached hydrogens (tertiary/aromatic N) is 3. The van der Waals surface area contributed by atoms with Gasteiger partial charge in [-0.15, -0.1) is 0 Å². The first kappa shape index (κ1) is 16.9. The minimum atomic E-state index is -0.913. The van der Waals surface area contributed by atoms with Gasteiger partial charge in [-0.25, -0.2) is 13.5 Å². The number of amides is 1. The van der Waals surface area contributed by atoms with Gasteiger partial charge in [0.15, 0.2) is 17.3 Å². The summed E-state index contributed by atoms with van der Waals surface area (Å²) in [5.74, 6) is -0.987. The van der Waals surface area contributed by atoms with Crippen molar-refractivity contribution in [2.45, 2.75) is 38.1 Å². The molecule has 1 aliphatic heterocycles. The van der Waals surface area contributed by atoms with Crippen molar-refractivity contribution in [1.29, 1.82) is 0 Å². The van der Waals surface area contributed by atoms with Crippen LogP contribution >= 0.6 is 0 Å². The fourth-order valence-corrected chi connectivity index (χ4v) is 5.06. The van der Waals surface area contributed by atoms with Crippen molar-refractivity contribution in [2.24, 2.45) is 17.6 Å². The smallest absolute Gasteiger partial charge is 0.274 e. The minimum Gasteiger partial charge on any atom is -0.337 e. The lowest BCUT2D eigenvalue weighted by Gasteiger charge is -2.18. The zero-order valence-corrected chi connectivity index (χ0v) is 15.0. The molecule has 0 radical (unpaired) electrons. The van der Waals surface area contributed by atoms with Crippen molar-refractivity contribution in [3.63, 3.8) is 0 Å². The number of benzene rings is 1. The van der Waals surface area contributed by atoms with Gasteiger partial charge in [0, 0.05) is 36.5 Å². The topological polar surface area (TPSA) is 64.2 Å². The van der Waals surface area contributed by atoms with Crippen LogP contribution in [0.25, 0.3) is 5.69 Å². The Morgan fingerprint density at radius 3 is 2.78 bits per heavy atom. The van der Waals surface area contributed by atoms with Crippen LogP contribution in [0.3, 0.4) is 0 Å². The monoisotopic (exact) mass is 372 g/mol. The first-order valence-corrected chi connectivity index (χ1v) is 9.64. The van der Waals surface area contributed by atoms with Gasteiger partial charge in [0.1, 0.15) is 0 Å². The summed E-state index contributed by atoms with van der Waals surface area (Å²) >= 11 is 0. The third-order valence-electron chi connectivity index (χ3n) is 6.48. The van der Waals surface area contributed by atoms with Gasteiger partial charge in [0.05, 0.1) is 5.69 Å². The number of fused-ring (bicyclic) bond motifs is 2. The van der Waals surface area contributed by atoms with Gasteiger partial charge in [-0.2, -0.15) is 5.10 Å². The molecule has 2 heterocycles. The van der Waals surface area contributed by atoms with E-state index in [9.17, 15) is 13.6 Å². The van der Waals surface area contributed by atoms with Gasteiger partial charge in [0.25, 0.3) is 5.91 Å². The highest BCUT2D eigenvalue weighted by molar-refractivity contribution is 5.94. The van der Waals surface area contributed by atoms with E-state index in [-0.39, 0.29) is 11.9 Å². The predicted molar refractivity (Wildman–Crippen MR) is 95.6 cm³/mol. The van der Waals surface area contributed by atoms with Crippen molar-refractivity contribution in [1.82, 2.24) is 14.7 Å². The molecule has 5 nitrogen and oxygen atoms in total. The molecule has 2 N–H and O–H groups in total. The summed E-state index contributed by atoms with van der Waals surface area (Å²) in [6, 6.07) is 3.91. The number of nitrogens with two attached hydrogens (primary N) is 1. The molecule has 1 amide bonds.